The zero-order valence-electron chi connectivity index (χ0n) is 12.9. The second-order valence-corrected chi connectivity index (χ2v) is 6.81. The lowest BCUT2D eigenvalue weighted by atomic mass is 10.1. The van der Waals surface area contributed by atoms with Gasteiger partial charge in [0, 0.05) is 19.4 Å². The Balaban J connectivity index is 1.92. The highest BCUT2D eigenvalue weighted by Crippen LogP contribution is 2.14. The molecule has 3 N–H and O–H groups in total. The number of nitrogens with one attached hydrogen (secondary N) is 1. The number of rotatable bonds is 7. The van der Waals surface area contributed by atoms with Crippen molar-refractivity contribution in [3.05, 3.63) is 48.0 Å². The highest BCUT2D eigenvalue weighted by molar-refractivity contribution is 7.89. The molecule has 2 rings (SSSR count). The van der Waals surface area contributed by atoms with Gasteiger partial charge in [0.1, 0.15) is 5.82 Å². The van der Waals surface area contributed by atoms with Gasteiger partial charge in [-0.25, -0.2) is 18.5 Å². The predicted molar refractivity (Wildman–Crippen MR) is 85.8 cm³/mol. The van der Waals surface area contributed by atoms with Crippen LogP contribution < -0.4 is 10.5 Å². The number of benzene rings is 1. The molecule has 0 aliphatic carbocycles. The van der Waals surface area contributed by atoms with Crippen molar-refractivity contribution in [1.82, 2.24) is 14.9 Å². The maximum absolute atomic E-state index is 11.2. The predicted octanol–water partition coefficient (Wildman–Crippen LogP) is 1.35. The Hall–Kier alpha value is -1.70. The molecule has 0 fully saturated rings. The van der Waals surface area contributed by atoms with E-state index in [1.165, 1.54) is 0 Å². The number of sulfonamides is 1. The molecule has 0 amide bonds. The van der Waals surface area contributed by atoms with E-state index < -0.39 is 10.0 Å². The van der Waals surface area contributed by atoms with Crippen LogP contribution in [0.15, 0.2) is 41.6 Å². The number of primary sulfonamides is 1. The van der Waals surface area contributed by atoms with Crippen molar-refractivity contribution in [1.29, 1.82) is 0 Å². The second kappa shape index (κ2) is 7.04. The molecule has 0 saturated heterocycles. The third-order valence-electron chi connectivity index (χ3n) is 3.63. The molecule has 22 heavy (non-hydrogen) atoms. The van der Waals surface area contributed by atoms with Gasteiger partial charge in [0.25, 0.3) is 0 Å². The van der Waals surface area contributed by atoms with Crippen molar-refractivity contribution in [2.75, 3.05) is 6.54 Å². The third-order valence-corrected chi connectivity index (χ3v) is 4.56. The van der Waals surface area contributed by atoms with Crippen molar-refractivity contribution in [2.24, 2.45) is 12.2 Å². The number of hydrogen-bond acceptors (Lipinski definition) is 4. The van der Waals surface area contributed by atoms with Crippen molar-refractivity contribution in [3.63, 3.8) is 0 Å². The lowest BCUT2D eigenvalue weighted by Gasteiger charge is -2.16. The second-order valence-electron chi connectivity index (χ2n) is 5.25. The van der Waals surface area contributed by atoms with Gasteiger partial charge in [-0.2, -0.15) is 0 Å². The van der Waals surface area contributed by atoms with Crippen molar-refractivity contribution >= 4 is 10.0 Å². The highest BCUT2D eigenvalue weighted by atomic mass is 32.2. The average Bonchev–Trinajstić information content (AvgIpc) is 2.89. The topological polar surface area (TPSA) is 90.0 Å². The molecule has 1 aromatic heterocycles. The fourth-order valence-electron chi connectivity index (χ4n) is 2.37. The molecule has 1 atom stereocenters. The van der Waals surface area contributed by atoms with Gasteiger partial charge in [0.05, 0.1) is 10.9 Å². The van der Waals surface area contributed by atoms with Crippen LogP contribution in [0.2, 0.25) is 0 Å². The van der Waals surface area contributed by atoms with Crippen LogP contribution in [0.5, 0.6) is 0 Å². The summed E-state index contributed by atoms with van der Waals surface area (Å²) in [6, 6.07) is 6.89. The molecule has 6 nitrogen and oxygen atoms in total. The van der Waals surface area contributed by atoms with E-state index in [2.05, 4.69) is 17.2 Å². The lowest BCUT2D eigenvalue weighted by Crippen LogP contribution is -2.25. The molecule has 0 aliphatic rings. The Labute approximate surface area is 131 Å². The maximum Gasteiger partial charge on any atom is 0.238 e. The van der Waals surface area contributed by atoms with Gasteiger partial charge >= 0.3 is 0 Å². The van der Waals surface area contributed by atoms with Crippen molar-refractivity contribution in [2.45, 2.75) is 30.7 Å². The molecule has 1 unspecified atom stereocenters. The minimum Gasteiger partial charge on any atom is -0.337 e. The summed E-state index contributed by atoms with van der Waals surface area (Å²) in [7, 11) is -1.63. The Bertz CT molecular complexity index is 707. The Morgan fingerprint density at radius 2 is 2.00 bits per heavy atom. The van der Waals surface area contributed by atoms with E-state index in [9.17, 15) is 8.42 Å². The zero-order chi connectivity index (χ0) is 16.2. The summed E-state index contributed by atoms with van der Waals surface area (Å²) < 4.78 is 24.4. The highest BCUT2D eigenvalue weighted by Gasteiger charge is 2.13. The molecule has 0 radical (unpaired) electrons. The first-order valence-electron chi connectivity index (χ1n) is 7.24. The summed E-state index contributed by atoms with van der Waals surface area (Å²) in [5, 5.41) is 8.56. The zero-order valence-corrected chi connectivity index (χ0v) is 13.7. The molecule has 0 spiro atoms. The lowest BCUT2D eigenvalue weighted by molar-refractivity contribution is 0.485. The molecular formula is C15H22N4O2S. The van der Waals surface area contributed by atoms with Gasteiger partial charge in [-0.1, -0.05) is 19.1 Å². The molecular weight excluding hydrogens is 300 g/mol. The van der Waals surface area contributed by atoms with Gasteiger partial charge in [-0.15, -0.1) is 0 Å². The Kier molecular flexibility index (Phi) is 5.33. The summed E-state index contributed by atoms with van der Waals surface area (Å²) in [5.74, 6) is 1.02. The number of hydrogen-bond donors (Lipinski definition) is 2. The first kappa shape index (κ1) is 16.7. The third kappa shape index (κ3) is 4.16. The molecule has 0 saturated carbocycles. The van der Waals surface area contributed by atoms with Crippen LogP contribution in [-0.4, -0.2) is 24.5 Å². The van der Waals surface area contributed by atoms with Crippen molar-refractivity contribution in [3.8, 4) is 0 Å². The standard InChI is InChI=1S/C15H22N4O2S/c1-3-14(15-18-10-11-19(15)2)17-9-8-12-4-6-13(7-5-12)22(16,20)21/h4-7,10-11,14,17H,3,8-9H2,1-2H3,(H2,16,20,21). The molecule has 1 aromatic carbocycles. The number of nitrogens with zero attached hydrogens (tertiary/aromatic N) is 2. The van der Waals surface area contributed by atoms with Gasteiger partial charge in [0.2, 0.25) is 10.0 Å². The quantitative estimate of drug-likeness (QED) is 0.805. The van der Waals surface area contributed by atoms with E-state index in [4.69, 9.17) is 5.14 Å². The summed E-state index contributed by atoms with van der Waals surface area (Å²) in [6.07, 6.45) is 5.50. The van der Waals surface area contributed by atoms with Gasteiger partial charge < -0.3 is 9.88 Å². The van der Waals surface area contributed by atoms with E-state index in [1.54, 1.807) is 30.5 Å². The molecule has 0 bridgehead atoms. The van der Waals surface area contributed by atoms with Crippen LogP contribution in [0.25, 0.3) is 0 Å². The van der Waals surface area contributed by atoms with Crippen LogP contribution in [0.3, 0.4) is 0 Å². The van der Waals surface area contributed by atoms with Crippen LogP contribution in [0.4, 0.5) is 0 Å². The van der Waals surface area contributed by atoms with E-state index in [-0.39, 0.29) is 10.9 Å². The van der Waals surface area contributed by atoms with E-state index in [0.717, 1.165) is 30.8 Å². The smallest absolute Gasteiger partial charge is 0.238 e. The normalized spacial score (nSPS) is 13.2. The van der Waals surface area contributed by atoms with Gasteiger partial charge in [-0.05, 0) is 37.1 Å². The first-order valence-corrected chi connectivity index (χ1v) is 8.78. The number of aryl methyl sites for hydroxylation is 1. The van der Waals surface area contributed by atoms with Crippen LogP contribution in [0, 0.1) is 0 Å². The largest absolute Gasteiger partial charge is 0.337 e. The van der Waals surface area contributed by atoms with Crippen LogP contribution >= 0.6 is 0 Å². The minimum atomic E-state index is -3.62. The fraction of sp³-hybridized carbons (Fsp3) is 0.400. The molecule has 2 aromatic rings. The number of aromatic nitrogens is 2. The fourth-order valence-corrected chi connectivity index (χ4v) is 2.88. The first-order chi connectivity index (χ1) is 10.4. The molecule has 120 valence electrons. The molecule has 0 aliphatic heterocycles. The summed E-state index contributed by atoms with van der Waals surface area (Å²) >= 11 is 0. The monoisotopic (exact) mass is 322 g/mol. The number of nitrogens with two attached hydrogens (primary N) is 1. The van der Waals surface area contributed by atoms with E-state index >= 15 is 0 Å². The van der Waals surface area contributed by atoms with E-state index in [1.807, 2.05) is 17.8 Å². The summed E-state index contributed by atoms with van der Waals surface area (Å²) in [6.45, 7) is 2.91. The summed E-state index contributed by atoms with van der Waals surface area (Å²) in [5.41, 5.74) is 1.06. The Morgan fingerprint density at radius 3 is 2.50 bits per heavy atom. The number of imidazole rings is 1. The van der Waals surface area contributed by atoms with Gasteiger partial charge in [-0.3, -0.25) is 0 Å². The Morgan fingerprint density at radius 1 is 1.32 bits per heavy atom. The van der Waals surface area contributed by atoms with E-state index in [0.29, 0.717) is 0 Å². The summed E-state index contributed by atoms with van der Waals surface area (Å²) in [4.78, 5) is 4.51. The van der Waals surface area contributed by atoms with Gasteiger partial charge in [0.15, 0.2) is 0 Å². The van der Waals surface area contributed by atoms with Crippen LogP contribution in [0.1, 0.15) is 30.8 Å². The molecule has 1 heterocycles. The SMILES string of the molecule is CCC(NCCc1ccc(S(N)(=O)=O)cc1)c1nccn1C. The van der Waals surface area contributed by atoms with Crippen molar-refractivity contribution < 1.29 is 8.42 Å². The maximum atomic E-state index is 11.2. The van der Waals surface area contributed by atoms with Crippen LogP contribution in [-0.2, 0) is 23.5 Å². The average molecular weight is 322 g/mol. The molecule has 7 heteroatoms. The minimum absolute atomic E-state index is 0.142.